The Labute approximate surface area is 120 Å². The van der Waals surface area contributed by atoms with E-state index >= 15 is 0 Å². The molecule has 2 aromatic rings. The van der Waals surface area contributed by atoms with Crippen LogP contribution in [0.15, 0.2) is 48.8 Å². The van der Waals surface area contributed by atoms with Crippen molar-refractivity contribution >= 4 is 5.69 Å². The van der Waals surface area contributed by atoms with Crippen LogP contribution in [0.1, 0.15) is 18.1 Å². The Kier molecular flexibility index (Phi) is 3.97. The Bertz CT molecular complexity index is 553. The van der Waals surface area contributed by atoms with Crippen LogP contribution < -0.4 is 10.2 Å². The summed E-state index contributed by atoms with van der Waals surface area (Å²) in [4.78, 5) is 6.69. The van der Waals surface area contributed by atoms with Crippen LogP contribution in [0.25, 0.3) is 0 Å². The van der Waals surface area contributed by atoms with Crippen molar-refractivity contribution in [1.29, 1.82) is 0 Å². The van der Waals surface area contributed by atoms with Crippen LogP contribution in [-0.2, 0) is 13.0 Å². The number of pyridine rings is 1. The van der Waals surface area contributed by atoms with Gasteiger partial charge in [0.2, 0.25) is 0 Å². The van der Waals surface area contributed by atoms with Gasteiger partial charge in [-0.1, -0.05) is 24.3 Å². The molecule has 20 heavy (non-hydrogen) atoms. The van der Waals surface area contributed by atoms with Crippen molar-refractivity contribution in [2.75, 3.05) is 18.0 Å². The number of hydrogen-bond donors (Lipinski definition) is 1. The van der Waals surface area contributed by atoms with E-state index in [4.69, 9.17) is 0 Å². The third-order valence-electron chi connectivity index (χ3n) is 3.86. The molecule has 1 atom stereocenters. The van der Waals surface area contributed by atoms with Gasteiger partial charge in [0.05, 0.1) is 0 Å². The van der Waals surface area contributed by atoms with E-state index in [9.17, 15) is 0 Å². The monoisotopic (exact) mass is 267 g/mol. The molecule has 3 rings (SSSR count). The van der Waals surface area contributed by atoms with Gasteiger partial charge in [0.1, 0.15) is 0 Å². The van der Waals surface area contributed by atoms with Gasteiger partial charge in [-0.25, -0.2) is 0 Å². The number of fused-ring (bicyclic) bond motifs is 1. The number of nitrogens with one attached hydrogen (secondary N) is 1. The third kappa shape index (κ3) is 2.99. The fourth-order valence-corrected chi connectivity index (χ4v) is 2.77. The highest BCUT2D eigenvalue weighted by Crippen LogP contribution is 2.23. The number of para-hydroxylation sites is 1. The molecule has 1 aromatic heterocycles. The molecule has 3 heteroatoms. The van der Waals surface area contributed by atoms with Crippen LogP contribution >= 0.6 is 0 Å². The van der Waals surface area contributed by atoms with Crippen LogP contribution in [0.4, 0.5) is 5.69 Å². The Morgan fingerprint density at radius 2 is 2.15 bits per heavy atom. The van der Waals surface area contributed by atoms with Crippen molar-refractivity contribution in [3.8, 4) is 0 Å². The second kappa shape index (κ2) is 6.06. The molecular formula is C17H21N3. The van der Waals surface area contributed by atoms with Gasteiger partial charge in [-0.15, -0.1) is 0 Å². The van der Waals surface area contributed by atoms with Crippen molar-refractivity contribution < 1.29 is 0 Å². The minimum atomic E-state index is 0.510. The summed E-state index contributed by atoms with van der Waals surface area (Å²) in [6.07, 6.45) is 4.83. The molecule has 2 heterocycles. The number of anilines is 1. The average Bonchev–Trinajstić information content (AvgIpc) is 2.66. The molecular weight excluding hydrogens is 246 g/mol. The highest BCUT2D eigenvalue weighted by Gasteiger charge is 2.18. The van der Waals surface area contributed by atoms with Gasteiger partial charge in [-0.05, 0) is 36.6 Å². The van der Waals surface area contributed by atoms with Crippen LogP contribution in [0.2, 0.25) is 0 Å². The standard InChI is InChI=1S/C17H21N3/c1-14-13-20(10-8-15-5-4-9-18-11-15)17-7-3-2-6-16(17)12-19-14/h2-7,9,11,14,19H,8,10,12-13H2,1H3. The maximum Gasteiger partial charge on any atom is 0.0412 e. The van der Waals surface area contributed by atoms with Crippen molar-refractivity contribution in [3.05, 3.63) is 59.9 Å². The van der Waals surface area contributed by atoms with E-state index in [0.29, 0.717) is 6.04 Å². The van der Waals surface area contributed by atoms with Gasteiger partial charge in [0, 0.05) is 43.8 Å². The van der Waals surface area contributed by atoms with Gasteiger partial charge >= 0.3 is 0 Å². The number of nitrogens with zero attached hydrogens (tertiary/aromatic N) is 2. The SMILES string of the molecule is CC1CN(CCc2cccnc2)c2ccccc2CN1. The minimum absolute atomic E-state index is 0.510. The summed E-state index contributed by atoms with van der Waals surface area (Å²) in [5.74, 6) is 0. The fraction of sp³-hybridized carbons (Fsp3) is 0.353. The maximum absolute atomic E-state index is 4.20. The molecule has 0 amide bonds. The van der Waals surface area contributed by atoms with Crippen LogP contribution in [0, 0.1) is 0 Å². The molecule has 104 valence electrons. The number of hydrogen-bond acceptors (Lipinski definition) is 3. The quantitative estimate of drug-likeness (QED) is 0.926. The van der Waals surface area contributed by atoms with Crippen molar-refractivity contribution in [2.24, 2.45) is 0 Å². The summed E-state index contributed by atoms with van der Waals surface area (Å²) in [6, 6.07) is 13.4. The summed E-state index contributed by atoms with van der Waals surface area (Å²) in [6.45, 7) is 5.30. The molecule has 0 saturated carbocycles. The Hall–Kier alpha value is -1.87. The Balaban J connectivity index is 1.77. The molecule has 0 aliphatic carbocycles. The zero-order chi connectivity index (χ0) is 13.8. The smallest absolute Gasteiger partial charge is 0.0412 e. The summed E-state index contributed by atoms with van der Waals surface area (Å²) in [7, 11) is 0. The highest BCUT2D eigenvalue weighted by molar-refractivity contribution is 5.54. The molecule has 0 spiro atoms. The van der Waals surface area contributed by atoms with Crippen LogP contribution in [0.3, 0.4) is 0 Å². The second-order valence-electron chi connectivity index (χ2n) is 5.47. The van der Waals surface area contributed by atoms with Gasteiger partial charge in [-0.3, -0.25) is 4.98 Å². The summed E-state index contributed by atoms with van der Waals surface area (Å²) < 4.78 is 0. The average molecular weight is 267 g/mol. The van der Waals surface area contributed by atoms with E-state index in [2.05, 4.69) is 52.5 Å². The maximum atomic E-state index is 4.20. The van der Waals surface area contributed by atoms with Crippen molar-refractivity contribution in [1.82, 2.24) is 10.3 Å². The van der Waals surface area contributed by atoms with E-state index in [0.717, 1.165) is 26.1 Å². The van der Waals surface area contributed by atoms with E-state index in [1.165, 1.54) is 16.8 Å². The zero-order valence-corrected chi connectivity index (χ0v) is 11.9. The second-order valence-corrected chi connectivity index (χ2v) is 5.47. The van der Waals surface area contributed by atoms with Crippen LogP contribution in [-0.4, -0.2) is 24.1 Å². The predicted octanol–water partition coefficient (Wildman–Crippen LogP) is 2.62. The molecule has 3 nitrogen and oxygen atoms in total. The minimum Gasteiger partial charge on any atom is -0.369 e. The fourth-order valence-electron chi connectivity index (χ4n) is 2.77. The molecule has 0 radical (unpaired) electrons. The van der Waals surface area contributed by atoms with Gasteiger partial charge in [0.15, 0.2) is 0 Å². The number of benzene rings is 1. The lowest BCUT2D eigenvalue weighted by Crippen LogP contribution is -2.37. The first-order valence-corrected chi connectivity index (χ1v) is 7.28. The largest absolute Gasteiger partial charge is 0.369 e. The Morgan fingerprint density at radius 1 is 1.25 bits per heavy atom. The lowest BCUT2D eigenvalue weighted by Gasteiger charge is -2.26. The molecule has 1 aromatic carbocycles. The third-order valence-corrected chi connectivity index (χ3v) is 3.86. The summed E-state index contributed by atoms with van der Waals surface area (Å²) in [5.41, 5.74) is 4.06. The predicted molar refractivity (Wildman–Crippen MR) is 82.9 cm³/mol. The van der Waals surface area contributed by atoms with E-state index in [1.807, 2.05) is 18.5 Å². The lowest BCUT2D eigenvalue weighted by molar-refractivity contribution is 0.553. The normalized spacial score (nSPS) is 18.4. The molecule has 1 aliphatic rings. The Morgan fingerprint density at radius 3 is 3.00 bits per heavy atom. The van der Waals surface area contributed by atoms with Gasteiger partial charge < -0.3 is 10.2 Å². The molecule has 1 unspecified atom stereocenters. The topological polar surface area (TPSA) is 28.2 Å². The van der Waals surface area contributed by atoms with Gasteiger partial charge in [0.25, 0.3) is 0 Å². The van der Waals surface area contributed by atoms with Crippen molar-refractivity contribution in [2.45, 2.75) is 25.9 Å². The molecule has 1 aliphatic heterocycles. The summed E-state index contributed by atoms with van der Waals surface area (Å²) in [5, 5.41) is 3.57. The summed E-state index contributed by atoms with van der Waals surface area (Å²) >= 11 is 0. The van der Waals surface area contributed by atoms with Crippen molar-refractivity contribution in [3.63, 3.8) is 0 Å². The first-order chi connectivity index (χ1) is 9.83. The van der Waals surface area contributed by atoms with Gasteiger partial charge in [-0.2, -0.15) is 0 Å². The molecule has 0 bridgehead atoms. The molecule has 0 fully saturated rings. The van der Waals surface area contributed by atoms with Crippen LogP contribution in [0.5, 0.6) is 0 Å². The molecule has 0 saturated heterocycles. The zero-order valence-electron chi connectivity index (χ0n) is 11.9. The lowest BCUT2D eigenvalue weighted by atomic mass is 10.1. The molecule has 1 N–H and O–H groups in total. The van der Waals surface area contributed by atoms with E-state index < -0.39 is 0 Å². The first-order valence-electron chi connectivity index (χ1n) is 7.28. The van der Waals surface area contributed by atoms with E-state index in [-0.39, 0.29) is 0 Å². The highest BCUT2D eigenvalue weighted by atomic mass is 15.2. The number of aromatic nitrogens is 1. The number of rotatable bonds is 3. The first kappa shape index (κ1) is 13.1. The van der Waals surface area contributed by atoms with E-state index in [1.54, 1.807) is 0 Å².